The molecule has 0 saturated carbocycles. The number of rotatable bonds is 7. The van der Waals surface area contributed by atoms with Crippen molar-refractivity contribution < 1.29 is 4.74 Å². The number of hydrogen-bond acceptors (Lipinski definition) is 4. The molecule has 0 spiro atoms. The largest absolute Gasteiger partial charge is 0.488 e. The lowest BCUT2D eigenvalue weighted by atomic mass is 10.2. The van der Waals surface area contributed by atoms with Crippen molar-refractivity contribution in [2.45, 2.75) is 19.7 Å². The quantitative estimate of drug-likeness (QED) is 0.639. The molecule has 0 saturated heterocycles. The van der Waals surface area contributed by atoms with Gasteiger partial charge in [-0.2, -0.15) is 0 Å². The van der Waals surface area contributed by atoms with Gasteiger partial charge in [-0.05, 0) is 40.6 Å². The van der Waals surface area contributed by atoms with Crippen LogP contribution in [0.15, 0.2) is 59.3 Å². The molecule has 0 atom stereocenters. The average Bonchev–Trinajstić information content (AvgIpc) is 3.20. The van der Waals surface area contributed by atoms with Crippen molar-refractivity contribution in [1.82, 2.24) is 5.32 Å². The van der Waals surface area contributed by atoms with E-state index in [0.717, 1.165) is 18.8 Å². The predicted molar refractivity (Wildman–Crippen MR) is 97.2 cm³/mol. The second kappa shape index (κ2) is 8.96. The molecule has 0 bridgehead atoms. The highest BCUT2D eigenvalue weighted by atomic mass is 35.5. The summed E-state index contributed by atoms with van der Waals surface area (Å²) >= 11 is 3.51. The molecule has 2 nitrogen and oxygen atoms in total. The molecule has 3 rings (SSSR count). The first-order valence-electron chi connectivity index (χ1n) is 6.87. The van der Waals surface area contributed by atoms with Gasteiger partial charge in [-0.25, -0.2) is 0 Å². The van der Waals surface area contributed by atoms with E-state index in [0.29, 0.717) is 6.61 Å². The van der Waals surface area contributed by atoms with Crippen LogP contribution in [0.5, 0.6) is 5.75 Å². The molecule has 3 aromatic rings. The Bertz CT molecular complexity index is 636. The topological polar surface area (TPSA) is 21.3 Å². The Balaban J connectivity index is 0.00000176. The first-order chi connectivity index (χ1) is 10.4. The van der Waals surface area contributed by atoms with E-state index in [1.54, 1.807) is 22.7 Å². The number of thiophene rings is 2. The molecule has 0 amide bonds. The van der Waals surface area contributed by atoms with E-state index in [-0.39, 0.29) is 12.4 Å². The molecular weight excluding hydrogens is 334 g/mol. The number of nitrogens with one attached hydrogen (secondary N) is 1. The van der Waals surface area contributed by atoms with Gasteiger partial charge in [0.1, 0.15) is 12.4 Å². The molecule has 0 aliphatic heterocycles. The highest BCUT2D eigenvalue weighted by Crippen LogP contribution is 2.16. The summed E-state index contributed by atoms with van der Waals surface area (Å²) < 4.78 is 5.76. The van der Waals surface area contributed by atoms with Crippen molar-refractivity contribution in [3.63, 3.8) is 0 Å². The van der Waals surface area contributed by atoms with Crippen LogP contribution >= 0.6 is 35.1 Å². The Labute approximate surface area is 145 Å². The van der Waals surface area contributed by atoms with E-state index in [2.05, 4.69) is 46.4 Å². The summed E-state index contributed by atoms with van der Waals surface area (Å²) in [5.74, 6) is 0.922. The maximum atomic E-state index is 5.76. The highest BCUT2D eigenvalue weighted by Gasteiger charge is 1.98. The van der Waals surface area contributed by atoms with Crippen LogP contribution in [0.25, 0.3) is 0 Å². The Morgan fingerprint density at radius 1 is 0.818 bits per heavy atom. The van der Waals surface area contributed by atoms with Crippen LogP contribution in [0.3, 0.4) is 0 Å². The van der Waals surface area contributed by atoms with Gasteiger partial charge in [0, 0.05) is 22.8 Å². The third-order valence-corrected chi connectivity index (χ3v) is 4.82. The Morgan fingerprint density at radius 2 is 1.50 bits per heavy atom. The maximum absolute atomic E-state index is 5.76. The van der Waals surface area contributed by atoms with Crippen LogP contribution in [0, 0.1) is 0 Å². The van der Waals surface area contributed by atoms with E-state index >= 15 is 0 Å². The minimum absolute atomic E-state index is 0. The lowest BCUT2D eigenvalue weighted by Gasteiger charge is -2.07. The minimum Gasteiger partial charge on any atom is -0.488 e. The number of benzene rings is 1. The number of ether oxygens (including phenoxy) is 1. The Morgan fingerprint density at radius 3 is 2.14 bits per heavy atom. The van der Waals surface area contributed by atoms with E-state index in [1.807, 2.05) is 18.2 Å². The average molecular weight is 352 g/mol. The summed E-state index contributed by atoms with van der Waals surface area (Å²) in [7, 11) is 0. The van der Waals surface area contributed by atoms with Crippen molar-refractivity contribution in [1.29, 1.82) is 0 Å². The van der Waals surface area contributed by atoms with E-state index in [9.17, 15) is 0 Å². The summed E-state index contributed by atoms with van der Waals surface area (Å²) in [6.45, 7) is 2.45. The van der Waals surface area contributed by atoms with Gasteiger partial charge in [0.2, 0.25) is 0 Å². The van der Waals surface area contributed by atoms with Crippen molar-refractivity contribution in [3.05, 3.63) is 74.6 Å². The van der Waals surface area contributed by atoms with E-state index < -0.39 is 0 Å². The molecule has 0 aliphatic rings. The summed E-state index contributed by atoms with van der Waals surface area (Å²) in [6.07, 6.45) is 0. The fourth-order valence-corrected chi connectivity index (χ4v) is 3.29. The Hall–Kier alpha value is -1.33. The van der Waals surface area contributed by atoms with Crippen molar-refractivity contribution >= 4 is 35.1 Å². The standard InChI is InChI=1S/C17H17NOS2.ClH/c1-3-16(20-9-1)12-18-11-14-5-7-15(8-6-14)19-13-17-4-2-10-21-17;/h1-10,18H,11-13H2;1H. The molecule has 2 aromatic heterocycles. The molecule has 1 aromatic carbocycles. The number of halogens is 1. The highest BCUT2D eigenvalue weighted by molar-refractivity contribution is 7.10. The van der Waals surface area contributed by atoms with E-state index in [4.69, 9.17) is 4.74 Å². The monoisotopic (exact) mass is 351 g/mol. The van der Waals surface area contributed by atoms with Crippen molar-refractivity contribution in [2.24, 2.45) is 0 Å². The van der Waals surface area contributed by atoms with Gasteiger partial charge in [-0.3, -0.25) is 0 Å². The fraction of sp³-hybridized carbons (Fsp3) is 0.176. The lowest BCUT2D eigenvalue weighted by molar-refractivity contribution is 0.309. The van der Waals surface area contributed by atoms with E-state index in [1.165, 1.54) is 15.3 Å². The third kappa shape index (κ3) is 5.14. The zero-order valence-electron chi connectivity index (χ0n) is 12.0. The van der Waals surface area contributed by atoms with Gasteiger partial charge in [-0.15, -0.1) is 35.1 Å². The van der Waals surface area contributed by atoms with Gasteiger partial charge >= 0.3 is 0 Å². The zero-order valence-corrected chi connectivity index (χ0v) is 14.5. The second-order valence-electron chi connectivity index (χ2n) is 4.69. The summed E-state index contributed by atoms with van der Waals surface area (Å²) in [5, 5.41) is 7.63. The van der Waals surface area contributed by atoms with Crippen LogP contribution < -0.4 is 10.1 Å². The fourth-order valence-electron chi connectivity index (χ4n) is 2.00. The van der Waals surface area contributed by atoms with Gasteiger partial charge in [0.25, 0.3) is 0 Å². The minimum atomic E-state index is 0. The van der Waals surface area contributed by atoms with Crippen LogP contribution in [0.4, 0.5) is 0 Å². The molecule has 116 valence electrons. The third-order valence-electron chi connectivity index (χ3n) is 3.09. The smallest absolute Gasteiger partial charge is 0.122 e. The second-order valence-corrected chi connectivity index (χ2v) is 6.76. The van der Waals surface area contributed by atoms with Crippen LogP contribution in [-0.4, -0.2) is 0 Å². The molecule has 0 aliphatic carbocycles. The first kappa shape index (κ1) is 17.0. The van der Waals surface area contributed by atoms with Crippen LogP contribution in [0.1, 0.15) is 15.3 Å². The van der Waals surface area contributed by atoms with Crippen molar-refractivity contribution in [3.8, 4) is 5.75 Å². The zero-order chi connectivity index (χ0) is 14.3. The van der Waals surface area contributed by atoms with Gasteiger partial charge < -0.3 is 10.1 Å². The summed E-state index contributed by atoms with van der Waals surface area (Å²) in [5.41, 5.74) is 1.27. The van der Waals surface area contributed by atoms with Gasteiger partial charge in [0.15, 0.2) is 0 Å². The first-order valence-corrected chi connectivity index (χ1v) is 8.63. The van der Waals surface area contributed by atoms with Crippen LogP contribution in [-0.2, 0) is 19.7 Å². The van der Waals surface area contributed by atoms with Gasteiger partial charge in [-0.1, -0.05) is 24.3 Å². The normalized spacial score (nSPS) is 10.2. The number of hydrogen-bond donors (Lipinski definition) is 1. The maximum Gasteiger partial charge on any atom is 0.122 e. The predicted octanol–water partition coefficient (Wildman–Crippen LogP) is 5.10. The molecular formula is C17H18ClNOS2. The summed E-state index contributed by atoms with van der Waals surface area (Å²) in [4.78, 5) is 2.61. The molecule has 0 fully saturated rings. The molecule has 1 N–H and O–H groups in total. The summed E-state index contributed by atoms with van der Waals surface area (Å²) in [6, 6.07) is 16.7. The SMILES string of the molecule is Cl.c1csc(CNCc2ccc(OCc3cccs3)cc2)c1. The van der Waals surface area contributed by atoms with Gasteiger partial charge in [0.05, 0.1) is 0 Å². The molecule has 2 heterocycles. The van der Waals surface area contributed by atoms with Crippen molar-refractivity contribution in [2.75, 3.05) is 0 Å². The lowest BCUT2D eigenvalue weighted by Crippen LogP contribution is -2.11. The van der Waals surface area contributed by atoms with Crippen LogP contribution in [0.2, 0.25) is 0 Å². The molecule has 0 unspecified atom stereocenters. The molecule has 5 heteroatoms. The molecule has 0 radical (unpaired) electrons. The Kier molecular flexibility index (Phi) is 6.93. The molecule has 22 heavy (non-hydrogen) atoms.